The predicted molar refractivity (Wildman–Crippen MR) is 63.3 cm³/mol. The van der Waals surface area contributed by atoms with Gasteiger partial charge in [-0.25, -0.2) is 0 Å². The minimum atomic E-state index is 0.446. The van der Waals surface area contributed by atoms with E-state index in [0.29, 0.717) is 6.42 Å². The lowest BCUT2D eigenvalue weighted by Crippen LogP contribution is -1.86. The number of benzene rings is 1. The summed E-state index contributed by atoms with van der Waals surface area (Å²) in [5.74, 6) is 0. The molecule has 1 heterocycles. The summed E-state index contributed by atoms with van der Waals surface area (Å²) in [5, 5.41) is 11.7. The smallest absolute Gasteiger partial charge is 0.0670 e. The van der Waals surface area contributed by atoms with Crippen molar-refractivity contribution in [1.29, 1.82) is 5.26 Å². The van der Waals surface area contributed by atoms with Crippen LogP contribution in [0.5, 0.6) is 0 Å². The molecule has 4 heteroatoms. The molecule has 0 unspecified atom stereocenters. The third kappa shape index (κ3) is 1.39. The van der Waals surface area contributed by atoms with E-state index in [1.807, 2.05) is 17.5 Å². The van der Waals surface area contributed by atoms with Crippen molar-refractivity contribution in [2.45, 2.75) is 6.42 Å². The first kappa shape index (κ1) is 9.50. The monoisotopic (exact) mass is 266 g/mol. The van der Waals surface area contributed by atoms with Crippen LogP contribution in [0.4, 0.5) is 5.69 Å². The molecule has 0 saturated heterocycles. The lowest BCUT2D eigenvalue weighted by atomic mass is 10.1. The molecule has 1 aromatic heterocycles. The summed E-state index contributed by atoms with van der Waals surface area (Å²) in [5.41, 5.74) is 7.73. The van der Waals surface area contributed by atoms with Gasteiger partial charge in [0, 0.05) is 4.47 Å². The van der Waals surface area contributed by atoms with Crippen molar-refractivity contribution in [2.24, 2.45) is 0 Å². The Bertz CT molecular complexity index is 525. The fourth-order valence-corrected chi connectivity index (χ4v) is 2.87. The lowest BCUT2D eigenvalue weighted by Gasteiger charge is -1.99. The number of nitriles is 1. The standard InChI is InChI=1S/C10H7BrN2S/c11-8-2-1-7-6(3-4-12)5-14-10(7)9(8)13/h1-2,5H,3,13H2. The van der Waals surface area contributed by atoms with Gasteiger partial charge in [-0.05, 0) is 38.3 Å². The second-order valence-corrected chi connectivity index (χ2v) is 4.67. The lowest BCUT2D eigenvalue weighted by molar-refractivity contribution is 1.30. The molecule has 2 N–H and O–H groups in total. The molecule has 2 aromatic rings. The first-order valence-electron chi connectivity index (χ1n) is 4.05. The minimum absolute atomic E-state index is 0.446. The molecular formula is C10H7BrN2S. The fraction of sp³-hybridized carbons (Fsp3) is 0.100. The summed E-state index contributed by atoms with van der Waals surface area (Å²) < 4.78 is 1.97. The van der Waals surface area contributed by atoms with Crippen LogP contribution in [0.3, 0.4) is 0 Å². The maximum absolute atomic E-state index is 8.64. The molecule has 0 aliphatic heterocycles. The Hall–Kier alpha value is -1.05. The summed E-state index contributed by atoms with van der Waals surface area (Å²) in [7, 11) is 0. The van der Waals surface area contributed by atoms with Crippen LogP contribution in [-0.4, -0.2) is 0 Å². The molecule has 14 heavy (non-hydrogen) atoms. The Morgan fingerprint density at radius 1 is 1.50 bits per heavy atom. The van der Waals surface area contributed by atoms with Crippen LogP contribution in [-0.2, 0) is 6.42 Å². The van der Waals surface area contributed by atoms with Gasteiger partial charge >= 0.3 is 0 Å². The zero-order valence-corrected chi connectivity index (χ0v) is 9.65. The molecule has 0 aliphatic carbocycles. The third-order valence-electron chi connectivity index (χ3n) is 2.08. The summed E-state index contributed by atoms with van der Waals surface area (Å²) in [6, 6.07) is 6.07. The number of nitrogens with two attached hydrogens (primary N) is 1. The molecule has 0 radical (unpaired) electrons. The van der Waals surface area contributed by atoms with Gasteiger partial charge in [-0.15, -0.1) is 11.3 Å². The number of hydrogen-bond acceptors (Lipinski definition) is 3. The van der Waals surface area contributed by atoms with Crippen LogP contribution in [0.25, 0.3) is 10.1 Å². The molecule has 0 fully saturated rings. The van der Waals surface area contributed by atoms with Crippen molar-refractivity contribution in [2.75, 3.05) is 5.73 Å². The molecule has 1 aromatic carbocycles. The third-order valence-corrected chi connectivity index (χ3v) is 3.85. The van der Waals surface area contributed by atoms with Crippen LogP contribution in [0.1, 0.15) is 5.56 Å². The molecule has 0 aliphatic rings. The van der Waals surface area contributed by atoms with Crippen LogP contribution in [0.2, 0.25) is 0 Å². The number of rotatable bonds is 1. The fourth-order valence-electron chi connectivity index (χ4n) is 1.37. The highest BCUT2D eigenvalue weighted by atomic mass is 79.9. The number of anilines is 1. The quantitative estimate of drug-likeness (QED) is 0.806. The van der Waals surface area contributed by atoms with Gasteiger partial charge in [-0.1, -0.05) is 6.07 Å². The maximum atomic E-state index is 8.64. The van der Waals surface area contributed by atoms with E-state index >= 15 is 0 Å². The van der Waals surface area contributed by atoms with Gasteiger partial charge in [0.1, 0.15) is 0 Å². The Morgan fingerprint density at radius 2 is 2.29 bits per heavy atom. The van der Waals surface area contributed by atoms with Crippen molar-refractivity contribution >= 4 is 43.0 Å². The van der Waals surface area contributed by atoms with Gasteiger partial charge < -0.3 is 5.73 Å². The average Bonchev–Trinajstić information content (AvgIpc) is 2.57. The largest absolute Gasteiger partial charge is 0.397 e. The van der Waals surface area contributed by atoms with Gasteiger partial charge in [0.2, 0.25) is 0 Å². The van der Waals surface area contributed by atoms with E-state index in [2.05, 4.69) is 22.0 Å². The van der Waals surface area contributed by atoms with Crippen molar-refractivity contribution in [3.05, 3.63) is 27.5 Å². The molecular weight excluding hydrogens is 260 g/mol. The highest BCUT2D eigenvalue weighted by Crippen LogP contribution is 2.35. The van der Waals surface area contributed by atoms with E-state index in [4.69, 9.17) is 11.0 Å². The zero-order chi connectivity index (χ0) is 10.1. The van der Waals surface area contributed by atoms with Gasteiger partial charge in [0.05, 0.1) is 22.9 Å². The van der Waals surface area contributed by atoms with E-state index in [9.17, 15) is 0 Å². The molecule has 2 nitrogen and oxygen atoms in total. The van der Waals surface area contributed by atoms with Crippen molar-refractivity contribution in [1.82, 2.24) is 0 Å². The normalized spacial score (nSPS) is 10.3. The number of nitrogen functional groups attached to an aromatic ring is 1. The van der Waals surface area contributed by atoms with Crippen LogP contribution in [0.15, 0.2) is 22.0 Å². The number of hydrogen-bond donors (Lipinski definition) is 1. The number of fused-ring (bicyclic) bond motifs is 1. The van der Waals surface area contributed by atoms with E-state index in [-0.39, 0.29) is 0 Å². The Kier molecular flexibility index (Phi) is 2.44. The molecule has 0 amide bonds. The van der Waals surface area contributed by atoms with Crippen molar-refractivity contribution in [3.8, 4) is 6.07 Å². The highest BCUT2D eigenvalue weighted by Gasteiger charge is 2.08. The SMILES string of the molecule is N#CCc1csc2c(N)c(Br)ccc12. The van der Waals surface area contributed by atoms with Crippen LogP contribution >= 0.6 is 27.3 Å². The van der Waals surface area contributed by atoms with E-state index in [0.717, 1.165) is 25.8 Å². The van der Waals surface area contributed by atoms with Crippen molar-refractivity contribution in [3.63, 3.8) is 0 Å². The topological polar surface area (TPSA) is 49.8 Å². The molecule has 0 saturated carbocycles. The number of thiophene rings is 1. The summed E-state index contributed by atoms with van der Waals surface area (Å²) in [4.78, 5) is 0. The maximum Gasteiger partial charge on any atom is 0.0670 e. The van der Waals surface area contributed by atoms with Crippen LogP contribution < -0.4 is 5.73 Å². The molecule has 0 bridgehead atoms. The second-order valence-electron chi connectivity index (χ2n) is 2.93. The van der Waals surface area contributed by atoms with Gasteiger partial charge in [0.15, 0.2) is 0 Å². The van der Waals surface area contributed by atoms with E-state index < -0.39 is 0 Å². The Labute approximate surface area is 94.1 Å². The van der Waals surface area contributed by atoms with Crippen LogP contribution in [0, 0.1) is 11.3 Å². The second kappa shape index (κ2) is 3.60. The summed E-state index contributed by atoms with van der Waals surface area (Å²) in [6.07, 6.45) is 0.446. The predicted octanol–water partition coefficient (Wildman–Crippen LogP) is 3.31. The van der Waals surface area contributed by atoms with Crippen molar-refractivity contribution < 1.29 is 0 Å². The number of nitrogens with zero attached hydrogens (tertiary/aromatic N) is 1. The molecule has 70 valence electrons. The van der Waals surface area contributed by atoms with Gasteiger partial charge in [-0.3, -0.25) is 0 Å². The first-order valence-corrected chi connectivity index (χ1v) is 5.72. The van der Waals surface area contributed by atoms with E-state index in [1.165, 1.54) is 0 Å². The average molecular weight is 267 g/mol. The minimum Gasteiger partial charge on any atom is -0.397 e. The molecule has 0 atom stereocenters. The summed E-state index contributed by atoms with van der Waals surface area (Å²) >= 11 is 4.97. The Balaban J connectivity index is 2.72. The summed E-state index contributed by atoms with van der Waals surface area (Å²) in [6.45, 7) is 0. The highest BCUT2D eigenvalue weighted by molar-refractivity contribution is 9.10. The first-order chi connectivity index (χ1) is 6.74. The van der Waals surface area contributed by atoms with E-state index in [1.54, 1.807) is 11.3 Å². The molecule has 2 rings (SSSR count). The van der Waals surface area contributed by atoms with Gasteiger partial charge in [-0.2, -0.15) is 5.26 Å². The zero-order valence-electron chi connectivity index (χ0n) is 7.25. The van der Waals surface area contributed by atoms with Gasteiger partial charge in [0.25, 0.3) is 0 Å². The number of halogens is 1. The Morgan fingerprint density at radius 3 is 3.00 bits per heavy atom. The molecule has 0 spiro atoms.